The molecule has 0 bridgehead atoms. The van der Waals surface area contributed by atoms with Crippen LogP contribution in [0.3, 0.4) is 0 Å². The number of carbonyl (C=O) groups is 2. The van der Waals surface area contributed by atoms with Gasteiger partial charge in [-0.15, -0.1) is 0 Å². The highest BCUT2D eigenvalue weighted by molar-refractivity contribution is 7.92. The van der Waals surface area contributed by atoms with Crippen LogP contribution in [0.4, 0.5) is 5.69 Å². The van der Waals surface area contributed by atoms with Crippen LogP contribution in [0.5, 0.6) is 0 Å². The molecule has 2 N–H and O–H groups in total. The fourth-order valence-electron chi connectivity index (χ4n) is 2.03. The molecule has 1 aromatic carbocycles. The van der Waals surface area contributed by atoms with Gasteiger partial charge < -0.3 is 26.8 Å². The van der Waals surface area contributed by atoms with Gasteiger partial charge >= 0.3 is 0 Å². The molecule has 0 radical (unpaired) electrons. The van der Waals surface area contributed by atoms with E-state index in [0.717, 1.165) is 6.26 Å². The number of hydrogen-bond acceptors (Lipinski definition) is 4. The minimum absolute atomic E-state index is 0. The number of anilines is 1. The first-order valence-corrected chi connectivity index (χ1v) is 9.05. The Bertz CT molecular complexity index is 672. The molecule has 0 aromatic heterocycles. The van der Waals surface area contributed by atoms with Crippen molar-refractivity contribution >= 4 is 27.4 Å². The van der Waals surface area contributed by atoms with Crippen LogP contribution in [-0.4, -0.2) is 64.6 Å². The normalized spacial score (nSPS) is 11.3. The van der Waals surface area contributed by atoms with Crippen molar-refractivity contribution in [3.8, 4) is 0 Å². The second-order valence-electron chi connectivity index (χ2n) is 6.18. The zero-order valence-corrected chi connectivity index (χ0v) is 16.7. The van der Waals surface area contributed by atoms with E-state index in [1.54, 1.807) is 24.3 Å². The van der Waals surface area contributed by atoms with Crippen molar-refractivity contribution in [1.29, 1.82) is 0 Å². The lowest BCUT2D eigenvalue weighted by Gasteiger charge is -2.29. The highest BCUT2D eigenvalue weighted by Crippen LogP contribution is 2.12. The van der Waals surface area contributed by atoms with E-state index in [2.05, 4.69) is 10.0 Å². The van der Waals surface area contributed by atoms with Crippen molar-refractivity contribution in [2.45, 2.75) is 6.92 Å². The molecule has 24 heavy (non-hydrogen) atoms. The van der Waals surface area contributed by atoms with Crippen LogP contribution in [-0.2, 0) is 14.8 Å². The maximum absolute atomic E-state index is 12.3. The van der Waals surface area contributed by atoms with Crippen molar-refractivity contribution in [2.75, 3.05) is 44.7 Å². The van der Waals surface area contributed by atoms with Crippen LogP contribution >= 0.6 is 0 Å². The predicted octanol–water partition coefficient (Wildman–Crippen LogP) is -2.54. The Kier molecular flexibility index (Phi) is 8.59. The number of hydrogen-bond donors (Lipinski definition) is 2. The fraction of sp³-hybridized carbons (Fsp3) is 0.467. The zero-order chi connectivity index (χ0) is 17.7. The lowest BCUT2D eigenvalue weighted by atomic mass is 10.1. The van der Waals surface area contributed by atoms with Gasteiger partial charge in [0.2, 0.25) is 21.7 Å². The summed E-state index contributed by atoms with van der Waals surface area (Å²) in [7, 11) is 0.503. The van der Waals surface area contributed by atoms with E-state index >= 15 is 0 Å². The van der Waals surface area contributed by atoms with Gasteiger partial charge in [-0.3, -0.25) is 14.3 Å². The number of likely N-dealkylation sites (N-methyl/N-ethyl adjacent to an activating group) is 1. The van der Waals surface area contributed by atoms with Crippen LogP contribution < -0.4 is 27.0 Å². The van der Waals surface area contributed by atoms with Crippen LogP contribution in [0.15, 0.2) is 24.3 Å². The van der Waals surface area contributed by atoms with Crippen molar-refractivity contribution in [3.63, 3.8) is 0 Å². The average molecular weight is 422 g/mol. The summed E-state index contributed by atoms with van der Waals surface area (Å²) in [6.45, 7) is 2.89. The fourth-order valence-corrected chi connectivity index (χ4v) is 2.60. The molecule has 0 unspecified atom stereocenters. The Balaban J connectivity index is 0.00000529. The third kappa shape index (κ3) is 8.99. The van der Waals surface area contributed by atoms with Gasteiger partial charge in [0, 0.05) is 18.2 Å². The highest BCUT2D eigenvalue weighted by Gasteiger charge is 2.21. The first kappa shape index (κ1) is 22.6. The number of sulfonamides is 1. The molecule has 0 atom stereocenters. The van der Waals surface area contributed by atoms with E-state index in [4.69, 9.17) is 0 Å². The topological polar surface area (TPSA) is 92.3 Å². The number of nitrogens with one attached hydrogen (secondary N) is 2. The molecule has 0 aliphatic heterocycles. The number of amides is 1. The largest absolute Gasteiger partial charge is 1.00 e. The van der Waals surface area contributed by atoms with Crippen molar-refractivity contribution < 1.29 is 39.5 Å². The summed E-state index contributed by atoms with van der Waals surface area (Å²) < 4.78 is 25.1. The van der Waals surface area contributed by atoms with E-state index < -0.39 is 10.0 Å². The number of Topliss-reactive ketones (excluding diaryl/α,β-unsaturated/α-hetero) is 1. The lowest BCUT2D eigenvalue weighted by Crippen LogP contribution is -3.00. The van der Waals surface area contributed by atoms with Crippen LogP contribution in [0.1, 0.15) is 17.3 Å². The summed E-state index contributed by atoms with van der Waals surface area (Å²) in [5, 5.41) is 2.71. The van der Waals surface area contributed by atoms with Crippen LogP contribution in [0.25, 0.3) is 0 Å². The number of rotatable bonds is 8. The summed E-state index contributed by atoms with van der Waals surface area (Å²) >= 11 is 0. The Labute approximate surface area is 153 Å². The van der Waals surface area contributed by atoms with Gasteiger partial charge in [-0.25, -0.2) is 8.42 Å². The maximum atomic E-state index is 12.3. The van der Waals surface area contributed by atoms with Gasteiger partial charge in [0.25, 0.3) is 0 Å². The van der Waals surface area contributed by atoms with Gasteiger partial charge in [-0.2, -0.15) is 0 Å². The number of benzene rings is 1. The zero-order valence-electron chi connectivity index (χ0n) is 14.3. The highest BCUT2D eigenvalue weighted by atomic mass is 79.9. The number of nitrogens with zero attached hydrogens (tertiary/aromatic N) is 1. The smallest absolute Gasteiger partial charge is 0.229 e. The molecule has 1 rings (SSSR count). The van der Waals surface area contributed by atoms with Gasteiger partial charge in [0.05, 0.1) is 33.4 Å². The summed E-state index contributed by atoms with van der Waals surface area (Å²) in [6, 6.07) is 6.32. The lowest BCUT2D eigenvalue weighted by molar-refractivity contribution is -0.880. The average Bonchev–Trinajstić information content (AvgIpc) is 2.36. The second kappa shape index (κ2) is 9.14. The number of ketones is 1. The number of carbonyl (C=O) groups excluding carboxylic acids is 2. The minimum Gasteiger partial charge on any atom is -1.00 e. The molecule has 0 saturated carbocycles. The van der Waals surface area contributed by atoms with E-state index in [1.807, 2.05) is 14.1 Å². The SMILES string of the molecule is CC(=O)NCC[N+](C)(C)CC(=O)c1ccc(NS(C)(=O)=O)cc1.[Br-]. The van der Waals surface area contributed by atoms with Crippen molar-refractivity contribution in [2.24, 2.45) is 0 Å². The Morgan fingerprint density at radius 1 is 1.12 bits per heavy atom. The first-order valence-electron chi connectivity index (χ1n) is 7.16. The molecule has 0 fully saturated rings. The van der Waals surface area contributed by atoms with Crippen molar-refractivity contribution in [3.05, 3.63) is 29.8 Å². The van der Waals surface area contributed by atoms with E-state index in [0.29, 0.717) is 35.4 Å². The summed E-state index contributed by atoms with van der Waals surface area (Å²) in [6.07, 6.45) is 1.07. The van der Waals surface area contributed by atoms with Crippen LogP contribution in [0.2, 0.25) is 0 Å². The van der Waals surface area contributed by atoms with Crippen LogP contribution in [0, 0.1) is 0 Å². The maximum Gasteiger partial charge on any atom is 0.229 e. The third-order valence-corrected chi connectivity index (χ3v) is 3.78. The molecule has 1 aromatic rings. The first-order chi connectivity index (χ1) is 10.5. The molecule has 136 valence electrons. The van der Waals surface area contributed by atoms with Gasteiger partial charge in [-0.05, 0) is 24.3 Å². The van der Waals surface area contributed by atoms with E-state index in [-0.39, 0.29) is 28.7 Å². The standard InChI is InChI=1S/C15H23N3O4S.BrH/c1-12(19)16-9-10-18(2,3)11-15(20)13-5-7-14(8-6-13)17-23(4,21)22;/h5-8H,9-11H2,1-4H3,(H-,16,17,19,20);1H. The van der Waals surface area contributed by atoms with E-state index in [1.165, 1.54) is 6.92 Å². The molecule has 0 aliphatic rings. The minimum atomic E-state index is -3.33. The molecule has 0 heterocycles. The van der Waals surface area contributed by atoms with Gasteiger partial charge in [-0.1, -0.05) is 0 Å². The Morgan fingerprint density at radius 3 is 2.12 bits per heavy atom. The molecular weight excluding hydrogens is 398 g/mol. The molecule has 1 amide bonds. The summed E-state index contributed by atoms with van der Waals surface area (Å²) in [5.74, 6) is -0.131. The summed E-state index contributed by atoms with van der Waals surface area (Å²) in [5.41, 5.74) is 0.943. The molecule has 7 nitrogen and oxygen atoms in total. The molecular formula is C15H24BrN3O4S. The molecule has 9 heteroatoms. The molecule has 0 saturated heterocycles. The number of quaternary nitrogens is 1. The third-order valence-electron chi connectivity index (χ3n) is 3.17. The second-order valence-corrected chi connectivity index (χ2v) is 7.92. The quantitative estimate of drug-likeness (QED) is 0.357. The van der Waals surface area contributed by atoms with E-state index in [9.17, 15) is 18.0 Å². The Hall–Kier alpha value is -1.45. The monoisotopic (exact) mass is 421 g/mol. The predicted molar refractivity (Wildman–Crippen MR) is 89.8 cm³/mol. The summed E-state index contributed by atoms with van der Waals surface area (Å²) in [4.78, 5) is 23.2. The molecule has 0 aliphatic carbocycles. The van der Waals surface area contributed by atoms with Gasteiger partial charge in [0.1, 0.15) is 6.54 Å². The number of halogens is 1. The Morgan fingerprint density at radius 2 is 1.67 bits per heavy atom. The molecule has 0 spiro atoms. The van der Waals surface area contributed by atoms with Gasteiger partial charge in [0.15, 0.2) is 0 Å². The van der Waals surface area contributed by atoms with Crippen molar-refractivity contribution in [1.82, 2.24) is 5.32 Å².